The number of carbonyl (C=O) groups is 1. The van der Waals surface area contributed by atoms with E-state index in [1.54, 1.807) is 24.3 Å². The van der Waals surface area contributed by atoms with Gasteiger partial charge in [-0.3, -0.25) is 0 Å². The first-order valence-electron chi connectivity index (χ1n) is 6.84. The molecule has 0 heterocycles. The number of ether oxygens (including phenoxy) is 1. The van der Waals surface area contributed by atoms with Gasteiger partial charge in [0.2, 0.25) is 0 Å². The van der Waals surface area contributed by atoms with Crippen molar-refractivity contribution in [1.29, 1.82) is 0 Å². The van der Waals surface area contributed by atoms with Crippen molar-refractivity contribution < 1.29 is 14.6 Å². The molecule has 1 aromatic carbocycles. The van der Waals surface area contributed by atoms with E-state index >= 15 is 0 Å². The van der Waals surface area contributed by atoms with E-state index in [1.165, 1.54) is 19.3 Å². The molecule has 0 unspecified atom stereocenters. The summed E-state index contributed by atoms with van der Waals surface area (Å²) in [6, 6.07) is 7.52. The van der Waals surface area contributed by atoms with Crippen LogP contribution in [0.3, 0.4) is 0 Å². The SMILES string of the molecule is CN(CCCOc1ccccc1C(=O)O)C1CCC1. The lowest BCUT2D eigenvalue weighted by Gasteiger charge is -2.34. The predicted octanol–water partition coefficient (Wildman–Crippen LogP) is 2.64. The van der Waals surface area contributed by atoms with Crippen molar-refractivity contribution in [2.75, 3.05) is 20.2 Å². The molecule has 1 aromatic rings. The quantitative estimate of drug-likeness (QED) is 0.768. The maximum absolute atomic E-state index is 11.0. The van der Waals surface area contributed by atoms with E-state index in [1.807, 2.05) is 0 Å². The maximum atomic E-state index is 11.0. The summed E-state index contributed by atoms with van der Waals surface area (Å²) in [5.41, 5.74) is 0.231. The lowest BCUT2D eigenvalue weighted by Crippen LogP contribution is -2.38. The minimum absolute atomic E-state index is 0.231. The normalized spacial score (nSPS) is 15.3. The van der Waals surface area contributed by atoms with Gasteiger partial charge in [0, 0.05) is 12.6 Å². The average molecular weight is 263 g/mol. The Labute approximate surface area is 114 Å². The summed E-state index contributed by atoms with van der Waals surface area (Å²) in [7, 11) is 2.15. The monoisotopic (exact) mass is 263 g/mol. The second-order valence-corrected chi connectivity index (χ2v) is 5.07. The van der Waals surface area contributed by atoms with Crippen molar-refractivity contribution in [3.8, 4) is 5.75 Å². The molecule has 104 valence electrons. The van der Waals surface area contributed by atoms with Crippen LogP contribution in [0.2, 0.25) is 0 Å². The molecular weight excluding hydrogens is 242 g/mol. The van der Waals surface area contributed by atoms with Crippen molar-refractivity contribution >= 4 is 5.97 Å². The third kappa shape index (κ3) is 3.70. The van der Waals surface area contributed by atoms with E-state index in [2.05, 4.69) is 11.9 Å². The third-order valence-electron chi connectivity index (χ3n) is 3.73. The van der Waals surface area contributed by atoms with Gasteiger partial charge in [-0.05, 0) is 38.4 Å². The van der Waals surface area contributed by atoms with Crippen LogP contribution in [0, 0.1) is 0 Å². The van der Waals surface area contributed by atoms with Crippen molar-refractivity contribution in [1.82, 2.24) is 4.90 Å². The summed E-state index contributed by atoms with van der Waals surface area (Å²) in [4.78, 5) is 13.4. The Kier molecular flexibility index (Phi) is 4.80. The Bertz CT molecular complexity index is 429. The first kappa shape index (κ1) is 13.9. The van der Waals surface area contributed by atoms with Crippen LogP contribution in [0.4, 0.5) is 0 Å². The number of nitrogens with zero attached hydrogens (tertiary/aromatic N) is 1. The summed E-state index contributed by atoms with van der Waals surface area (Å²) in [6.07, 6.45) is 4.87. The fourth-order valence-electron chi connectivity index (χ4n) is 2.28. The molecule has 2 rings (SSSR count). The summed E-state index contributed by atoms with van der Waals surface area (Å²) in [6.45, 7) is 1.56. The van der Waals surface area contributed by atoms with Crippen LogP contribution in [0.5, 0.6) is 5.75 Å². The van der Waals surface area contributed by atoms with Crippen LogP contribution in [-0.4, -0.2) is 42.2 Å². The van der Waals surface area contributed by atoms with E-state index in [0.717, 1.165) is 19.0 Å². The van der Waals surface area contributed by atoms with Crippen molar-refractivity contribution in [3.63, 3.8) is 0 Å². The molecule has 1 N–H and O–H groups in total. The van der Waals surface area contributed by atoms with Gasteiger partial charge in [-0.1, -0.05) is 18.6 Å². The molecule has 1 aliphatic carbocycles. The molecular formula is C15H21NO3. The van der Waals surface area contributed by atoms with Gasteiger partial charge in [0.25, 0.3) is 0 Å². The van der Waals surface area contributed by atoms with E-state index in [-0.39, 0.29) is 5.56 Å². The van der Waals surface area contributed by atoms with Crippen LogP contribution in [0.1, 0.15) is 36.0 Å². The van der Waals surface area contributed by atoms with E-state index in [0.29, 0.717) is 12.4 Å². The zero-order valence-electron chi connectivity index (χ0n) is 11.3. The number of carboxylic acid groups (broad SMARTS) is 1. The van der Waals surface area contributed by atoms with Crippen LogP contribution in [-0.2, 0) is 0 Å². The molecule has 0 bridgehead atoms. The van der Waals surface area contributed by atoms with E-state index in [9.17, 15) is 4.79 Å². The molecule has 1 aliphatic rings. The molecule has 0 aliphatic heterocycles. The average Bonchev–Trinajstić information content (AvgIpc) is 2.33. The molecule has 0 aromatic heterocycles. The Balaban J connectivity index is 1.74. The molecule has 1 saturated carbocycles. The number of hydrogen-bond acceptors (Lipinski definition) is 3. The molecule has 4 heteroatoms. The van der Waals surface area contributed by atoms with Crippen molar-refractivity contribution in [2.45, 2.75) is 31.7 Å². The summed E-state index contributed by atoms with van der Waals surface area (Å²) in [5, 5.41) is 9.03. The maximum Gasteiger partial charge on any atom is 0.339 e. The number of para-hydroxylation sites is 1. The van der Waals surface area contributed by atoms with Gasteiger partial charge in [-0.15, -0.1) is 0 Å². The molecule has 0 spiro atoms. The molecule has 19 heavy (non-hydrogen) atoms. The summed E-state index contributed by atoms with van der Waals surface area (Å²) in [5.74, 6) is -0.483. The number of aromatic carboxylic acids is 1. The first-order valence-corrected chi connectivity index (χ1v) is 6.84. The lowest BCUT2D eigenvalue weighted by molar-refractivity contribution is 0.0692. The minimum atomic E-state index is -0.942. The first-order chi connectivity index (χ1) is 9.18. The van der Waals surface area contributed by atoms with Gasteiger partial charge in [0.15, 0.2) is 0 Å². The largest absolute Gasteiger partial charge is 0.493 e. The molecule has 0 saturated heterocycles. The lowest BCUT2D eigenvalue weighted by atomic mass is 9.92. The van der Waals surface area contributed by atoms with E-state index in [4.69, 9.17) is 9.84 Å². The number of carboxylic acids is 1. The van der Waals surface area contributed by atoms with E-state index < -0.39 is 5.97 Å². The highest BCUT2D eigenvalue weighted by Gasteiger charge is 2.21. The van der Waals surface area contributed by atoms with Crippen LogP contribution >= 0.6 is 0 Å². The molecule has 0 radical (unpaired) electrons. The van der Waals surface area contributed by atoms with Gasteiger partial charge in [0.1, 0.15) is 11.3 Å². The fraction of sp³-hybridized carbons (Fsp3) is 0.533. The van der Waals surface area contributed by atoms with Crippen LogP contribution < -0.4 is 4.74 Å². The summed E-state index contributed by atoms with van der Waals surface area (Å²) < 4.78 is 5.57. The molecule has 0 amide bonds. The van der Waals surface area contributed by atoms with Gasteiger partial charge < -0.3 is 14.7 Å². The number of hydrogen-bond donors (Lipinski definition) is 1. The molecule has 4 nitrogen and oxygen atoms in total. The Morgan fingerprint density at radius 2 is 2.16 bits per heavy atom. The number of benzene rings is 1. The van der Waals surface area contributed by atoms with Crippen LogP contribution in [0.15, 0.2) is 24.3 Å². The Morgan fingerprint density at radius 3 is 2.79 bits per heavy atom. The van der Waals surface area contributed by atoms with Gasteiger partial charge >= 0.3 is 5.97 Å². The second-order valence-electron chi connectivity index (χ2n) is 5.07. The standard InChI is InChI=1S/C15H21NO3/c1-16(12-6-4-7-12)10-5-11-19-14-9-3-2-8-13(14)15(17)18/h2-3,8-9,12H,4-7,10-11H2,1H3,(H,17,18). The van der Waals surface area contributed by atoms with Gasteiger partial charge in [-0.25, -0.2) is 4.79 Å². The second kappa shape index (κ2) is 6.57. The van der Waals surface area contributed by atoms with Crippen LogP contribution in [0.25, 0.3) is 0 Å². The Morgan fingerprint density at radius 1 is 1.42 bits per heavy atom. The highest BCUT2D eigenvalue weighted by Crippen LogP contribution is 2.23. The molecule has 0 atom stereocenters. The highest BCUT2D eigenvalue weighted by molar-refractivity contribution is 5.90. The van der Waals surface area contributed by atoms with Crippen molar-refractivity contribution in [2.24, 2.45) is 0 Å². The zero-order chi connectivity index (χ0) is 13.7. The predicted molar refractivity (Wildman–Crippen MR) is 73.8 cm³/mol. The van der Waals surface area contributed by atoms with Gasteiger partial charge in [0.05, 0.1) is 6.61 Å². The molecule has 1 fully saturated rings. The zero-order valence-corrected chi connectivity index (χ0v) is 11.3. The summed E-state index contributed by atoms with van der Waals surface area (Å²) >= 11 is 0. The van der Waals surface area contributed by atoms with Gasteiger partial charge in [-0.2, -0.15) is 0 Å². The fourth-order valence-corrected chi connectivity index (χ4v) is 2.28. The van der Waals surface area contributed by atoms with Crippen molar-refractivity contribution in [3.05, 3.63) is 29.8 Å². The topological polar surface area (TPSA) is 49.8 Å². The third-order valence-corrected chi connectivity index (χ3v) is 3.73. The smallest absolute Gasteiger partial charge is 0.339 e. The minimum Gasteiger partial charge on any atom is -0.493 e. The number of rotatable bonds is 7. The highest BCUT2D eigenvalue weighted by atomic mass is 16.5. The Hall–Kier alpha value is -1.55.